The van der Waals surface area contributed by atoms with Crippen LogP contribution in [0.4, 0.5) is 5.69 Å². The van der Waals surface area contributed by atoms with Gasteiger partial charge in [0.05, 0.1) is 9.92 Å². The van der Waals surface area contributed by atoms with Crippen LogP contribution in [0.2, 0.25) is 5.02 Å². The standard InChI is InChI=1S/C18H21ClN4O5S/c1-22(29(27,28)12-7-8-14(19)15(11-12)21-26)9-4-10-23-16-6-3-2-5-13(16)17(24)20-18(23)25/h7-8,11H,2-6,9-10H2,1H3,(H,20,24,25). The van der Waals surface area contributed by atoms with Gasteiger partial charge < -0.3 is 0 Å². The minimum atomic E-state index is -3.85. The minimum Gasteiger partial charge on any atom is -0.297 e. The number of benzene rings is 1. The molecule has 9 nitrogen and oxygen atoms in total. The fourth-order valence-corrected chi connectivity index (χ4v) is 4.89. The van der Waals surface area contributed by atoms with Crippen LogP contribution in [0.15, 0.2) is 37.9 Å². The van der Waals surface area contributed by atoms with Gasteiger partial charge in [0.1, 0.15) is 5.69 Å². The lowest BCUT2D eigenvalue weighted by Crippen LogP contribution is -2.37. The fourth-order valence-electron chi connectivity index (χ4n) is 3.51. The summed E-state index contributed by atoms with van der Waals surface area (Å²) in [5.74, 6) is 0. The summed E-state index contributed by atoms with van der Waals surface area (Å²) >= 11 is 5.80. The molecule has 0 unspecified atom stereocenters. The minimum absolute atomic E-state index is 0.0730. The summed E-state index contributed by atoms with van der Waals surface area (Å²) in [6, 6.07) is 3.75. The van der Waals surface area contributed by atoms with Gasteiger partial charge in [0.25, 0.3) is 5.56 Å². The maximum Gasteiger partial charge on any atom is 0.328 e. The Bertz CT molecular complexity index is 1160. The first-order valence-electron chi connectivity index (χ1n) is 9.20. The van der Waals surface area contributed by atoms with Crippen molar-refractivity contribution in [3.63, 3.8) is 0 Å². The molecule has 0 fully saturated rings. The molecule has 0 bridgehead atoms. The number of hydrogen-bond donors (Lipinski definition) is 1. The van der Waals surface area contributed by atoms with Crippen molar-refractivity contribution >= 4 is 27.3 Å². The summed E-state index contributed by atoms with van der Waals surface area (Å²) in [6.45, 7) is 0.439. The molecule has 0 radical (unpaired) electrons. The number of nitroso groups, excluding NO2 is 1. The molecule has 1 aromatic carbocycles. The number of nitrogens with zero attached hydrogens (tertiary/aromatic N) is 3. The smallest absolute Gasteiger partial charge is 0.297 e. The number of aromatic amines is 1. The highest BCUT2D eigenvalue weighted by Crippen LogP contribution is 2.28. The normalized spacial score (nSPS) is 14.0. The van der Waals surface area contributed by atoms with Crippen molar-refractivity contribution in [2.45, 2.75) is 43.5 Å². The Balaban J connectivity index is 1.75. The van der Waals surface area contributed by atoms with Crippen LogP contribution in [-0.4, -0.2) is 35.9 Å². The SMILES string of the molecule is CN(CCCn1c2c(c(=O)[nH]c1=O)CCCC2)S(=O)(=O)c1ccc(Cl)c(N=O)c1. The van der Waals surface area contributed by atoms with Crippen LogP contribution in [0.5, 0.6) is 0 Å². The first-order chi connectivity index (χ1) is 13.8. The highest BCUT2D eigenvalue weighted by atomic mass is 35.5. The molecule has 0 atom stereocenters. The average Bonchev–Trinajstić information content (AvgIpc) is 2.70. The molecular formula is C18H21ClN4O5S. The summed E-state index contributed by atoms with van der Waals surface area (Å²) in [6.07, 6.45) is 3.50. The second-order valence-electron chi connectivity index (χ2n) is 6.93. The zero-order valence-corrected chi connectivity index (χ0v) is 17.4. The Labute approximate surface area is 172 Å². The van der Waals surface area contributed by atoms with E-state index in [9.17, 15) is 22.9 Å². The van der Waals surface area contributed by atoms with Gasteiger partial charge in [0.2, 0.25) is 10.0 Å². The van der Waals surface area contributed by atoms with E-state index in [4.69, 9.17) is 11.6 Å². The van der Waals surface area contributed by atoms with Crippen LogP contribution < -0.4 is 11.2 Å². The van der Waals surface area contributed by atoms with Gasteiger partial charge in [0.15, 0.2) is 0 Å². The van der Waals surface area contributed by atoms with Crippen molar-refractivity contribution in [3.8, 4) is 0 Å². The van der Waals surface area contributed by atoms with Crippen molar-refractivity contribution in [1.29, 1.82) is 0 Å². The van der Waals surface area contributed by atoms with Crippen LogP contribution in [0.1, 0.15) is 30.5 Å². The van der Waals surface area contributed by atoms with Gasteiger partial charge in [-0.2, -0.15) is 0 Å². The molecule has 11 heteroatoms. The van der Waals surface area contributed by atoms with Gasteiger partial charge in [-0.05, 0) is 55.5 Å². The summed E-state index contributed by atoms with van der Waals surface area (Å²) in [4.78, 5) is 37.3. The summed E-state index contributed by atoms with van der Waals surface area (Å²) in [5, 5.41) is 2.80. The molecule has 0 aliphatic heterocycles. The summed E-state index contributed by atoms with van der Waals surface area (Å²) in [5.41, 5.74) is 0.442. The van der Waals surface area contributed by atoms with Crippen molar-refractivity contribution in [1.82, 2.24) is 13.9 Å². The number of halogens is 1. The zero-order chi connectivity index (χ0) is 21.2. The van der Waals surface area contributed by atoms with Crippen LogP contribution in [0, 0.1) is 4.91 Å². The third kappa shape index (κ3) is 4.34. The second kappa shape index (κ2) is 8.60. The third-order valence-corrected chi connectivity index (χ3v) is 7.26. The molecule has 0 saturated heterocycles. The van der Waals surface area contributed by atoms with Crippen molar-refractivity contribution in [2.24, 2.45) is 5.18 Å². The number of sulfonamides is 1. The second-order valence-corrected chi connectivity index (χ2v) is 9.38. The van der Waals surface area contributed by atoms with Gasteiger partial charge in [-0.15, -0.1) is 4.91 Å². The maximum absolute atomic E-state index is 12.7. The Kier molecular flexibility index (Phi) is 6.35. The van der Waals surface area contributed by atoms with Gasteiger partial charge in [-0.1, -0.05) is 11.6 Å². The van der Waals surface area contributed by atoms with E-state index in [0.717, 1.165) is 28.9 Å². The lowest BCUT2D eigenvalue weighted by Gasteiger charge is -2.21. The van der Waals surface area contributed by atoms with E-state index >= 15 is 0 Å². The summed E-state index contributed by atoms with van der Waals surface area (Å²) in [7, 11) is -2.43. The lowest BCUT2D eigenvalue weighted by molar-refractivity contribution is 0.435. The first kappa shape index (κ1) is 21.4. The Morgan fingerprint density at radius 3 is 2.69 bits per heavy atom. The predicted molar refractivity (Wildman–Crippen MR) is 109 cm³/mol. The Hall–Kier alpha value is -2.30. The molecule has 1 aliphatic rings. The number of hydrogen-bond acceptors (Lipinski definition) is 6. The predicted octanol–water partition coefficient (Wildman–Crippen LogP) is 2.18. The third-order valence-electron chi connectivity index (χ3n) is 5.08. The highest BCUT2D eigenvalue weighted by Gasteiger charge is 2.23. The van der Waals surface area contributed by atoms with E-state index in [-0.39, 0.29) is 27.7 Å². The maximum atomic E-state index is 12.7. The zero-order valence-electron chi connectivity index (χ0n) is 15.9. The van der Waals surface area contributed by atoms with Crippen molar-refractivity contribution in [3.05, 3.63) is 60.2 Å². The fraction of sp³-hybridized carbons (Fsp3) is 0.444. The molecule has 156 valence electrons. The van der Waals surface area contributed by atoms with Crippen LogP contribution >= 0.6 is 11.6 Å². The Morgan fingerprint density at radius 2 is 1.97 bits per heavy atom. The molecular weight excluding hydrogens is 420 g/mol. The number of H-pyrrole nitrogens is 1. The molecule has 3 rings (SSSR count). The topological polar surface area (TPSA) is 122 Å². The molecule has 1 N–H and O–H groups in total. The lowest BCUT2D eigenvalue weighted by atomic mass is 9.97. The molecule has 0 spiro atoms. The van der Waals surface area contributed by atoms with Gasteiger partial charge in [-0.25, -0.2) is 17.5 Å². The van der Waals surface area contributed by atoms with Gasteiger partial charge in [0, 0.05) is 31.4 Å². The monoisotopic (exact) mass is 440 g/mol. The van der Waals surface area contributed by atoms with Crippen molar-refractivity contribution < 1.29 is 8.42 Å². The van der Waals surface area contributed by atoms with Crippen LogP contribution in [0.25, 0.3) is 0 Å². The molecule has 29 heavy (non-hydrogen) atoms. The van der Waals surface area contributed by atoms with E-state index in [2.05, 4.69) is 10.2 Å². The van der Waals surface area contributed by atoms with E-state index in [1.807, 2.05) is 0 Å². The van der Waals surface area contributed by atoms with Crippen LogP contribution in [-0.2, 0) is 29.4 Å². The number of fused-ring (bicyclic) bond motifs is 1. The number of nitrogens with one attached hydrogen (secondary N) is 1. The van der Waals surface area contributed by atoms with E-state index in [1.165, 1.54) is 23.7 Å². The molecule has 1 heterocycles. The molecule has 2 aromatic rings. The number of rotatable bonds is 7. The van der Waals surface area contributed by atoms with E-state index < -0.39 is 15.7 Å². The largest absolute Gasteiger partial charge is 0.328 e. The average molecular weight is 441 g/mol. The van der Waals surface area contributed by atoms with Gasteiger partial charge in [-0.3, -0.25) is 14.3 Å². The van der Waals surface area contributed by atoms with E-state index in [0.29, 0.717) is 31.4 Å². The molecule has 1 aromatic heterocycles. The molecule has 1 aliphatic carbocycles. The first-order valence-corrected chi connectivity index (χ1v) is 11.0. The number of aromatic nitrogens is 2. The van der Waals surface area contributed by atoms with Crippen molar-refractivity contribution in [2.75, 3.05) is 13.6 Å². The van der Waals surface area contributed by atoms with E-state index in [1.54, 1.807) is 0 Å². The molecule has 0 saturated carbocycles. The summed E-state index contributed by atoms with van der Waals surface area (Å²) < 4.78 is 28.1. The van der Waals surface area contributed by atoms with Crippen LogP contribution in [0.3, 0.4) is 0 Å². The molecule has 0 amide bonds. The Morgan fingerprint density at radius 1 is 1.24 bits per heavy atom. The quantitative estimate of drug-likeness (QED) is 0.661. The highest BCUT2D eigenvalue weighted by molar-refractivity contribution is 7.89. The van der Waals surface area contributed by atoms with Gasteiger partial charge >= 0.3 is 5.69 Å².